The van der Waals surface area contributed by atoms with Crippen LogP contribution in [-0.2, 0) is 20.7 Å². The largest absolute Gasteiger partial charge is 0.469 e. The second-order valence-corrected chi connectivity index (χ2v) is 10.5. The van der Waals surface area contributed by atoms with Crippen LogP contribution in [0.15, 0.2) is 48.5 Å². The first kappa shape index (κ1) is 24.6. The number of aliphatic hydroxyl groups is 1. The smallest absolute Gasteiger partial charge is 0.338 e. The number of aromatic amines is 1. The van der Waals surface area contributed by atoms with Crippen LogP contribution in [0.4, 0.5) is 5.69 Å². The minimum absolute atomic E-state index is 0.0272. The summed E-state index contributed by atoms with van der Waals surface area (Å²) in [6, 6.07) is 13.0. The van der Waals surface area contributed by atoms with Crippen LogP contribution in [-0.4, -0.2) is 64.3 Å². The van der Waals surface area contributed by atoms with E-state index in [0.717, 1.165) is 36.1 Å². The number of hydrogen-bond acceptors (Lipinski definition) is 8. The molecule has 3 aliphatic rings. The number of hydrogen-bond donors (Lipinski definition) is 2. The fraction of sp³-hybridized carbons (Fsp3) is 0.429. The summed E-state index contributed by atoms with van der Waals surface area (Å²) in [5, 5.41) is 23.1. The van der Waals surface area contributed by atoms with Crippen molar-refractivity contribution in [1.82, 2.24) is 9.88 Å². The quantitative estimate of drug-likeness (QED) is 0.304. The summed E-state index contributed by atoms with van der Waals surface area (Å²) in [5.41, 5.74) is 3.18. The number of carbonyl (C=O) groups excluding carboxylic acids is 2. The van der Waals surface area contributed by atoms with Crippen LogP contribution in [0.25, 0.3) is 10.9 Å². The number of rotatable bonds is 4. The van der Waals surface area contributed by atoms with Crippen LogP contribution in [0, 0.1) is 27.9 Å². The van der Waals surface area contributed by atoms with Crippen LogP contribution >= 0.6 is 0 Å². The molecule has 2 aliphatic heterocycles. The van der Waals surface area contributed by atoms with Gasteiger partial charge in [-0.3, -0.25) is 19.8 Å². The predicted molar refractivity (Wildman–Crippen MR) is 136 cm³/mol. The molecular formula is C28H29N3O7. The zero-order valence-electron chi connectivity index (χ0n) is 20.9. The number of benzene rings is 2. The Morgan fingerprint density at radius 1 is 1.13 bits per heavy atom. The number of non-ortho nitro benzene ring substituents is 1. The van der Waals surface area contributed by atoms with E-state index in [1.807, 2.05) is 18.2 Å². The van der Waals surface area contributed by atoms with Gasteiger partial charge in [0.15, 0.2) is 0 Å². The van der Waals surface area contributed by atoms with E-state index in [4.69, 9.17) is 9.47 Å². The molecule has 10 heteroatoms. The van der Waals surface area contributed by atoms with E-state index >= 15 is 0 Å². The first-order valence-electron chi connectivity index (χ1n) is 12.9. The lowest BCUT2D eigenvalue weighted by Gasteiger charge is -2.54. The lowest BCUT2D eigenvalue weighted by molar-refractivity contribution is -0.384. The Balaban J connectivity index is 1.44. The van der Waals surface area contributed by atoms with Gasteiger partial charge in [0, 0.05) is 47.7 Å². The zero-order chi connectivity index (χ0) is 26.6. The summed E-state index contributed by atoms with van der Waals surface area (Å²) in [6.45, 7) is 1.50. The zero-order valence-corrected chi connectivity index (χ0v) is 20.9. The first-order valence-corrected chi connectivity index (χ1v) is 12.9. The molecule has 38 heavy (non-hydrogen) atoms. The van der Waals surface area contributed by atoms with Crippen molar-refractivity contribution in [1.29, 1.82) is 0 Å². The van der Waals surface area contributed by atoms with Crippen molar-refractivity contribution in [3.8, 4) is 0 Å². The molecule has 10 nitrogen and oxygen atoms in total. The molecule has 6 rings (SSSR count). The number of H-pyrrole nitrogens is 1. The SMILES string of the molecule is COC(=O)[C@@H]1[C@H]2C(OC(=O)c3ccc([N+](=O)[O-])cc3)[C@H]3c4[nH]c5ccccc5c4CCN3C[C@@H]2CC[C@@H]1O. The Hall–Kier alpha value is -3.76. The lowest BCUT2D eigenvalue weighted by Crippen LogP contribution is -2.61. The molecule has 2 aromatic carbocycles. The number of carbonyl (C=O) groups is 2. The highest BCUT2D eigenvalue weighted by molar-refractivity contribution is 5.90. The number of nitro groups is 1. The number of para-hydroxylation sites is 1. The Morgan fingerprint density at radius 2 is 1.89 bits per heavy atom. The molecule has 0 amide bonds. The van der Waals surface area contributed by atoms with E-state index < -0.39 is 40.9 Å². The molecule has 2 N–H and O–H groups in total. The van der Waals surface area contributed by atoms with Crippen LogP contribution in [0.5, 0.6) is 0 Å². The molecule has 3 heterocycles. The molecule has 0 bridgehead atoms. The number of aliphatic hydroxyl groups excluding tert-OH is 1. The second kappa shape index (κ2) is 9.52. The molecule has 6 atom stereocenters. The van der Waals surface area contributed by atoms with Crippen LogP contribution in [0.3, 0.4) is 0 Å². The number of piperidine rings is 1. The van der Waals surface area contributed by atoms with Gasteiger partial charge in [0.1, 0.15) is 6.10 Å². The van der Waals surface area contributed by atoms with Crippen LogP contribution in [0.1, 0.15) is 40.5 Å². The third-order valence-electron chi connectivity index (χ3n) is 8.58. The summed E-state index contributed by atoms with van der Waals surface area (Å²) >= 11 is 0. The van der Waals surface area contributed by atoms with Gasteiger partial charge in [-0.15, -0.1) is 0 Å². The number of esters is 2. The fourth-order valence-electron chi connectivity index (χ4n) is 6.90. The maximum absolute atomic E-state index is 13.5. The van der Waals surface area contributed by atoms with Crippen molar-refractivity contribution in [2.45, 2.75) is 37.5 Å². The molecule has 1 aromatic heterocycles. The van der Waals surface area contributed by atoms with Crippen molar-refractivity contribution in [2.75, 3.05) is 20.2 Å². The number of nitrogens with one attached hydrogen (secondary N) is 1. The monoisotopic (exact) mass is 519 g/mol. The van der Waals surface area contributed by atoms with E-state index in [0.29, 0.717) is 12.8 Å². The highest BCUT2D eigenvalue weighted by Crippen LogP contribution is 2.51. The average molecular weight is 520 g/mol. The van der Waals surface area contributed by atoms with Crippen LogP contribution in [0.2, 0.25) is 0 Å². The molecule has 3 aromatic rings. The van der Waals surface area contributed by atoms with Gasteiger partial charge in [-0.2, -0.15) is 0 Å². The third-order valence-corrected chi connectivity index (χ3v) is 8.58. The Bertz CT molecular complexity index is 1400. The number of methoxy groups -OCH3 is 1. The lowest BCUT2D eigenvalue weighted by atomic mass is 9.63. The molecular weight excluding hydrogens is 490 g/mol. The van der Waals surface area contributed by atoms with Gasteiger partial charge in [0.05, 0.1) is 35.7 Å². The van der Waals surface area contributed by atoms with Crippen molar-refractivity contribution >= 4 is 28.5 Å². The number of ether oxygens (including phenoxy) is 2. The Labute approximate surface area is 218 Å². The molecule has 198 valence electrons. The number of aromatic nitrogens is 1. The number of nitrogens with zero attached hydrogens (tertiary/aromatic N) is 2. The van der Waals surface area contributed by atoms with Crippen molar-refractivity contribution in [2.24, 2.45) is 17.8 Å². The molecule has 1 unspecified atom stereocenters. The van der Waals surface area contributed by atoms with E-state index in [2.05, 4.69) is 16.0 Å². The summed E-state index contributed by atoms with van der Waals surface area (Å²) < 4.78 is 11.4. The highest BCUT2D eigenvalue weighted by Gasteiger charge is 2.56. The molecule has 2 fully saturated rings. The second-order valence-electron chi connectivity index (χ2n) is 10.5. The maximum Gasteiger partial charge on any atom is 0.338 e. The normalized spacial score (nSPS) is 28.6. The van der Waals surface area contributed by atoms with Crippen LogP contribution < -0.4 is 0 Å². The summed E-state index contributed by atoms with van der Waals surface area (Å²) in [5.74, 6) is -2.39. The standard InChI is InChI=1S/C28H29N3O7/c1-37-28(34)23-21(32)11-8-16-14-30-13-12-19-18-4-2-3-5-20(18)29-24(19)25(30)26(22(16)23)38-27(33)15-6-9-17(10-7-15)31(35)36/h2-7,9-10,16,21-23,25-26,29,32H,8,11-14H2,1H3/t16-,21-,22-,23-,25+,26?/m0/s1. The maximum atomic E-state index is 13.5. The number of fused-ring (bicyclic) bond motifs is 6. The summed E-state index contributed by atoms with van der Waals surface area (Å²) in [6.07, 6.45) is 0.372. The molecule has 0 spiro atoms. The van der Waals surface area contributed by atoms with Gasteiger partial charge < -0.3 is 19.6 Å². The topological polar surface area (TPSA) is 135 Å². The fourth-order valence-corrected chi connectivity index (χ4v) is 6.90. The Morgan fingerprint density at radius 3 is 2.63 bits per heavy atom. The van der Waals surface area contributed by atoms with Crippen molar-refractivity contribution < 1.29 is 29.1 Å². The predicted octanol–water partition coefficient (Wildman–Crippen LogP) is 3.39. The minimum atomic E-state index is -0.901. The molecule has 1 saturated carbocycles. The Kier molecular flexibility index (Phi) is 6.16. The summed E-state index contributed by atoms with van der Waals surface area (Å²) in [4.78, 5) is 42.9. The third kappa shape index (κ3) is 3.95. The van der Waals surface area contributed by atoms with Gasteiger partial charge >= 0.3 is 11.9 Å². The van der Waals surface area contributed by atoms with Gasteiger partial charge in [0.25, 0.3) is 5.69 Å². The summed E-state index contributed by atoms with van der Waals surface area (Å²) in [7, 11) is 1.31. The van der Waals surface area contributed by atoms with Gasteiger partial charge in [-0.05, 0) is 48.9 Å². The van der Waals surface area contributed by atoms with E-state index in [1.54, 1.807) is 0 Å². The van der Waals surface area contributed by atoms with Gasteiger partial charge in [0.2, 0.25) is 0 Å². The van der Waals surface area contributed by atoms with Crippen molar-refractivity contribution in [3.63, 3.8) is 0 Å². The average Bonchev–Trinajstić information content (AvgIpc) is 3.31. The first-order chi connectivity index (χ1) is 18.4. The van der Waals surface area contributed by atoms with E-state index in [-0.39, 0.29) is 23.2 Å². The molecule has 1 aliphatic carbocycles. The number of nitro benzene ring substituents is 1. The van der Waals surface area contributed by atoms with Gasteiger partial charge in [-0.1, -0.05) is 18.2 Å². The van der Waals surface area contributed by atoms with E-state index in [9.17, 15) is 24.8 Å². The molecule has 0 radical (unpaired) electrons. The highest BCUT2D eigenvalue weighted by atomic mass is 16.6. The van der Waals surface area contributed by atoms with E-state index in [1.165, 1.54) is 36.9 Å². The van der Waals surface area contributed by atoms with Crippen molar-refractivity contribution in [3.05, 3.63) is 75.5 Å². The van der Waals surface area contributed by atoms with Gasteiger partial charge in [-0.25, -0.2) is 4.79 Å². The molecule has 1 saturated heterocycles. The minimum Gasteiger partial charge on any atom is -0.469 e.